The molecule has 0 aliphatic heterocycles. The fourth-order valence-electron chi connectivity index (χ4n) is 3.83. The minimum absolute atomic E-state index is 0.000919. The maximum atomic E-state index is 11.6. The van der Waals surface area contributed by atoms with Crippen molar-refractivity contribution in [1.82, 2.24) is 0 Å². The summed E-state index contributed by atoms with van der Waals surface area (Å²) >= 11 is 0. The number of hydrogen-bond donors (Lipinski definition) is 4. The minimum atomic E-state index is -1.43. The molecule has 0 unspecified atom stereocenters. The van der Waals surface area contributed by atoms with Gasteiger partial charge in [0.05, 0.1) is 0 Å². The number of ketones is 4. The maximum absolute atomic E-state index is 11.6. The van der Waals surface area contributed by atoms with Gasteiger partial charge in [-0.05, 0) is 70.8 Å². The SMILES string of the molecule is O=C(Cc1ccc(O)cc1)C(=O)OOOC(=O)C(=O)Cc1ccc(O)cc1.O=C(Cc1ccc(O)cc1)C(=O)OOOC(=O)C(=O)Cc1ccc(O)cc1. The predicted octanol–water partition coefficient (Wildman–Crippen LogP) is 1.91. The Morgan fingerprint density at radius 1 is 0.315 bits per heavy atom. The standard InChI is InChI=1S/2C18H14O9/c2*19-13-5-1-11(2-6-13)9-15(21)17(23)25-27-26-18(24)16(22)10-12-3-7-14(20)8-4-12/h2*1-8,19-20H,9-10H2. The van der Waals surface area contributed by atoms with Crippen LogP contribution in [0.15, 0.2) is 97.1 Å². The Hall–Kier alpha value is -7.44. The second kappa shape index (κ2) is 20.4. The number of rotatable bonds is 16. The van der Waals surface area contributed by atoms with E-state index >= 15 is 0 Å². The highest BCUT2D eigenvalue weighted by molar-refractivity contribution is 6.35. The van der Waals surface area contributed by atoms with Crippen molar-refractivity contribution in [2.75, 3.05) is 0 Å². The molecule has 280 valence electrons. The molecule has 0 amide bonds. The van der Waals surface area contributed by atoms with Crippen LogP contribution in [-0.2, 0) is 93.7 Å². The summed E-state index contributed by atoms with van der Waals surface area (Å²) in [5.74, 6) is -9.69. The molecule has 54 heavy (non-hydrogen) atoms. The van der Waals surface area contributed by atoms with Crippen molar-refractivity contribution < 1.29 is 88.4 Å². The Labute approximate surface area is 303 Å². The van der Waals surface area contributed by atoms with E-state index in [-0.39, 0.29) is 48.7 Å². The summed E-state index contributed by atoms with van der Waals surface area (Å²) in [6, 6.07) is 22.2. The van der Waals surface area contributed by atoms with Crippen LogP contribution in [-0.4, -0.2) is 67.4 Å². The molecule has 0 saturated heterocycles. The van der Waals surface area contributed by atoms with Crippen LogP contribution in [0.25, 0.3) is 0 Å². The molecule has 4 rings (SSSR count). The van der Waals surface area contributed by atoms with Gasteiger partial charge in [0.15, 0.2) is 0 Å². The van der Waals surface area contributed by atoms with Crippen LogP contribution in [0.4, 0.5) is 0 Å². The Bertz CT molecular complexity index is 1680. The molecule has 0 bridgehead atoms. The number of carbonyl (C=O) groups excluding carboxylic acids is 8. The van der Waals surface area contributed by atoms with Gasteiger partial charge in [-0.2, -0.15) is 0 Å². The van der Waals surface area contributed by atoms with Gasteiger partial charge < -0.3 is 20.4 Å². The van der Waals surface area contributed by atoms with Crippen molar-refractivity contribution in [1.29, 1.82) is 0 Å². The monoisotopic (exact) mass is 748 g/mol. The van der Waals surface area contributed by atoms with Crippen molar-refractivity contribution in [3.05, 3.63) is 119 Å². The molecule has 0 heterocycles. The lowest BCUT2D eigenvalue weighted by molar-refractivity contribution is -0.455. The van der Waals surface area contributed by atoms with Gasteiger partial charge in [0.25, 0.3) is 0 Å². The molecule has 0 aliphatic carbocycles. The fraction of sp³-hybridized carbons (Fsp3) is 0.111. The zero-order valence-electron chi connectivity index (χ0n) is 27.6. The van der Waals surface area contributed by atoms with Crippen molar-refractivity contribution in [2.24, 2.45) is 0 Å². The highest BCUT2D eigenvalue weighted by Crippen LogP contribution is 2.13. The van der Waals surface area contributed by atoms with Gasteiger partial charge in [-0.3, -0.25) is 38.7 Å². The lowest BCUT2D eigenvalue weighted by Gasteiger charge is -2.03. The van der Waals surface area contributed by atoms with Crippen molar-refractivity contribution in [3.63, 3.8) is 0 Å². The van der Waals surface area contributed by atoms with Crippen LogP contribution in [0.2, 0.25) is 0 Å². The van der Waals surface area contributed by atoms with Crippen LogP contribution >= 0.6 is 0 Å². The highest BCUT2D eigenvalue weighted by atomic mass is 17.5. The third kappa shape index (κ3) is 14.4. The Morgan fingerprint density at radius 2 is 0.481 bits per heavy atom. The first kappa shape index (κ1) is 41.0. The second-order valence-corrected chi connectivity index (χ2v) is 10.7. The Morgan fingerprint density at radius 3 is 0.648 bits per heavy atom. The van der Waals surface area contributed by atoms with Crippen LogP contribution in [0, 0.1) is 0 Å². The normalized spacial score (nSPS) is 10.1. The number of benzene rings is 4. The van der Waals surface area contributed by atoms with E-state index in [2.05, 4.69) is 29.6 Å². The lowest BCUT2D eigenvalue weighted by atomic mass is 10.1. The van der Waals surface area contributed by atoms with E-state index in [4.69, 9.17) is 20.4 Å². The van der Waals surface area contributed by atoms with Crippen molar-refractivity contribution in [2.45, 2.75) is 25.7 Å². The Kier molecular flexibility index (Phi) is 15.5. The van der Waals surface area contributed by atoms with E-state index in [9.17, 15) is 38.4 Å². The summed E-state index contributed by atoms with van der Waals surface area (Å²) in [4.78, 5) is 108. The molecule has 0 aromatic heterocycles. The van der Waals surface area contributed by atoms with Crippen LogP contribution in [0.3, 0.4) is 0 Å². The summed E-state index contributed by atoms with van der Waals surface area (Å²) in [6.45, 7) is 0. The molecule has 0 fully saturated rings. The largest absolute Gasteiger partial charge is 0.508 e. The summed E-state index contributed by atoms with van der Waals surface area (Å²) in [7, 11) is 0. The topological polar surface area (TPSA) is 273 Å². The van der Waals surface area contributed by atoms with Gasteiger partial charge in [0.2, 0.25) is 23.1 Å². The number of Topliss-reactive ketones (excluding diaryl/α,β-unsaturated/α-hetero) is 4. The summed E-state index contributed by atoms with van der Waals surface area (Å²) in [5, 5.41) is 44.3. The van der Waals surface area contributed by atoms with Crippen LogP contribution in [0.1, 0.15) is 22.3 Å². The van der Waals surface area contributed by atoms with E-state index in [1.807, 2.05) is 0 Å². The smallest absolute Gasteiger partial charge is 0.413 e. The molecule has 4 N–H and O–H groups in total. The molecule has 0 aliphatic rings. The number of carbonyl (C=O) groups is 8. The van der Waals surface area contributed by atoms with E-state index in [0.29, 0.717) is 22.3 Å². The zero-order valence-corrected chi connectivity index (χ0v) is 27.6. The van der Waals surface area contributed by atoms with Gasteiger partial charge in [-0.1, -0.05) is 48.5 Å². The van der Waals surface area contributed by atoms with E-state index in [1.165, 1.54) is 97.1 Å². The molecule has 0 radical (unpaired) electrons. The third-order valence-corrected chi connectivity index (χ3v) is 6.55. The Balaban J connectivity index is 0.000000290. The first-order valence-electron chi connectivity index (χ1n) is 15.1. The molecule has 4 aromatic carbocycles. The van der Waals surface area contributed by atoms with E-state index in [0.717, 1.165) is 0 Å². The third-order valence-electron chi connectivity index (χ3n) is 6.55. The van der Waals surface area contributed by atoms with Crippen molar-refractivity contribution in [3.8, 4) is 23.0 Å². The minimum Gasteiger partial charge on any atom is -0.508 e. The highest BCUT2D eigenvalue weighted by Gasteiger charge is 2.23. The molecular weight excluding hydrogens is 720 g/mol. The molecule has 0 atom stereocenters. The fourth-order valence-corrected chi connectivity index (χ4v) is 3.83. The number of phenols is 4. The lowest BCUT2D eigenvalue weighted by Crippen LogP contribution is -2.23. The summed E-state index contributed by atoms with van der Waals surface area (Å²) < 4.78 is 0. The van der Waals surface area contributed by atoms with Crippen LogP contribution < -0.4 is 0 Å². The van der Waals surface area contributed by atoms with Crippen molar-refractivity contribution >= 4 is 47.0 Å². The average molecular weight is 749 g/mol. The number of hydrogen-bond acceptors (Lipinski definition) is 18. The van der Waals surface area contributed by atoms with Gasteiger partial charge in [0, 0.05) is 35.8 Å². The molecular formula is C36H28O18. The zero-order chi connectivity index (χ0) is 39.6. The summed E-state index contributed by atoms with van der Waals surface area (Å²) in [6.07, 6.45) is -1.29. The molecule has 4 aromatic rings. The molecule has 0 spiro atoms. The molecule has 18 heteroatoms. The summed E-state index contributed by atoms with van der Waals surface area (Å²) in [5.41, 5.74) is 1.76. The number of phenolic OH excluding ortho intramolecular Hbond substituents is 4. The maximum Gasteiger partial charge on any atom is 0.413 e. The molecule has 0 saturated carbocycles. The molecule has 18 nitrogen and oxygen atoms in total. The van der Waals surface area contributed by atoms with Gasteiger partial charge in [-0.15, -0.1) is 0 Å². The van der Waals surface area contributed by atoms with Gasteiger partial charge in [-0.25, -0.2) is 19.2 Å². The van der Waals surface area contributed by atoms with E-state index in [1.54, 1.807) is 0 Å². The van der Waals surface area contributed by atoms with E-state index < -0.39 is 47.0 Å². The van der Waals surface area contributed by atoms with Gasteiger partial charge in [0.1, 0.15) is 23.0 Å². The number of aromatic hydroxyl groups is 4. The van der Waals surface area contributed by atoms with Crippen LogP contribution in [0.5, 0.6) is 23.0 Å². The quantitative estimate of drug-likeness (QED) is 0.0723. The second-order valence-electron chi connectivity index (χ2n) is 10.7. The first-order valence-corrected chi connectivity index (χ1v) is 15.1. The first-order chi connectivity index (χ1) is 25.7. The predicted molar refractivity (Wildman–Crippen MR) is 174 cm³/mol. The average Bonchev–Trinajstić information content (AvgIpc) is 3.15. The van der Waals surface area contributed by atoms with Gasteiger partial charge >= 0.3 is 23.9 Å².